The molecule has 0 saturated carbocycles. The van der Waals surface area contributed by atoms with Crippen molar-refractivity contribution in [3.05, 3.63) is 48.6 Å². The Hall–Kier alpha value is -2.03. The molecule has 0 aromatic carbocycles. The van der Waals surface area contributed by atoms with Crippen molar-refractivity contribution in [3.63, 3.8) is 0 Å². The second kappa shape index (κ2) is 55.3. The van der Waals surface area contributed by atoms with Crippen LogP contribution in [0.1, 0.15) is 303 Å². The molecule has 0 aliphatic heterocycles. The molecule has 0 aromatic heterocycles. The van der Waals surface area contributed by atoms with Crippen molar-refractivity contribution in [1.82, 2.24) is 5.32 Å². The Bertz CT molecular complexity index is 1420. The molecule has 1 N–H and O–H groups in total. The smallest absolute Gasteiger partial charge is 0.306 e. The van der Waals surface area contributed by atoms with E-state index < -0.39 is 26.6 Å². The number of phosphoric acid groups is 1. The first-order chi connectivity index (χ1) is 36.4. The van der Waals surface area contributed by atoms with Gasteiger partial charge in [-0.1, -0.05) is 250 Å². The highest BCUT2D eigenvalue weighted by Gasteiger charge is 2.27. The van der Waals surface area contributed by atoms with Gasteiger partial charge in [0.1, 0.15) is 19.3 Å². The molecule has 440 valence electrons. The molecule has 0 spiro atoms. The number of unbranched alkanes of at least 4 members (excludes halogenated alkanes) is 36. The van der Waals surface area contributed by atoms with E-state index in [-0.39, 0.29) is 24.9 Å². The lowest BCUT2D eigenvalue weighted by Crippen LogP contribution is -2.47. The molecule has 3 unspecified atom stereocenters. The number of nitrogens with one attached hydrogen (secondary N) is 1. The molecular weight excluding hydrogens is 952 g/mol. The van der Waals surface area contributed by atoms with E-state index in [0.29, 0.717) is 17.4 Å². The van der Waals surface area contributed by atoms with Crippen molar-refractivity contribution in [2.45, 2.75) is 315 Å². The third kappa shape index (κ3) is 56.5. The number of hydrogen-bond donors (Lipinski definition) is 1. The normalized spacial score (nSPS) is 14.0. The summed E-state index contributed by atoms with van der Waals surface area (Å²) in [5.41, 5.74) is 0. The Morgan fingerprint density at radius 1 is 0.467 bits per heavy atom. The third-order valence-corrected chi connectivity index (χ3v) is 15.2. The van der Waals surface area contributed by atoms with Crippen LogP contribution >= 0.6 is 7.82 Å². The second-order valence-electron chi connectivity index (χ2n) is 22.9. The Labute approximate surface area is 465 Å². The number of hydrogen-bond acceptors (Lipinski definition) is 7. The van der Waals surface area contributed by atoms with Gasteiger partial charge in [-0.05, 0) is 89.5 Å². The van der Waals surface area contributed by atoms with Crippen LogP contribution in [0.25, 0.3) is 0 Å². The molecule has 0 bridgehead atoms. The Balaban J connectivity index is 5.26. The van der Waals surface area contributed by atoms with Gasteiger partial charge >= 0.3 is 5.97 Å². The zero-order valence-electron chi connectivity index (χ0n) is 50.3. The van der Waals surface area contributed by atoms with Crippen molar-refractivity contribution in [1.29, 1.82) is 0 Å². The van der Waals surface area contributed by atoms with Crippen LogP contribution in [0, 0.1) is 0 Å². The van der Waals surface area contributed by atoms with Crippen molar-refractivity contribution in [3.8, 4) is 0 Å². The highest BCUT2D eigenvalue weighted by Crippen LogP contribution is 2.38. The van der Waals surface area contributed by atoms with Crippen LogP contribution < -0.4 is 10.2 Å². The minimum absolute atomic E-state index is 0.0238. The molecule has 9 nitrogen and oxygen atoms in total. The predicted molar refractivity (Wildman–Crippen MR) is 321 cm³/mol. The summed E-state index contributed by atoms with van der Waals surface area (Å²) in [7, 11) is 1.18. The lowest BCUT2D eigenvalue weighted by molar-refractivity contribution is -0.870. The van der Waals surface area contributed by atoms with Crippen LogP contribution in [0.4, 0.5) is 0 Å². The third-order valence-electron chi connectivity index (χ3n) is 14.2. The van der Waals surface area contributed by atoms with E-state index in [4.69, 9.17) is 13.8 Å². The van der Waals surface area contributed by atoms with E-state index in [0.717, 1.165) is 77.0 Å². The van der Waals surface area contributed by atoms with Gasteiger partial charge in [0.15, 0.2) is 0 Å². The number of carbonyl (C=O) groups is 2. The van der Waals surface area contributed by atoms with Gasteiger partial charge < -0.3 is 28.5 Å². The monoisotopic (exact) mass is 1070 g/mol. The number of esters is 1. The number of rotatable bonds is 58. The largest absolute Gasteiger partial charge is 0.756 e. The Morgan fingerprint density at radius 3 is 1.24 bits per heavy atom. The maximum Gasteiger partial charge on any atom is 0.306 e. The average molecular weight is 1080 g/mol. The predicted octanol–water partition coefficient (Wildman–Crippen LogP) is 19.0. The van der Waals surface area contributed by atoms with Gasteiger partial charge in [-0.25, -0.2) is 0 Å². The van der Waals surface area contributed by atoms with Crippen molar-refractivity contribution < 1.29 is 37.3 Å². The van der Waals surface area contributed by atoms with Crippen molar-refractivity contribution in [2.75, 3.05) is 40.9 Å². The first kappa shape index (κ1) is 73.0. The number of carbonyl (C=O) groups excluding carboxylic acids is 2. The minimum atomic E-state index is -4.70. The zero-order chi connectivity index (χ0) is 55.0. The molecule has 3 atom stereocenters. The molecular formula is C65H123N2O7P. The Kier molecular flexibility index (Phi) is 53.8. The van der Waals surface area contributed by atoms with E-state index >= 15 is 0 Å². The van der Waals surface area contributed by atoms with Crippen LogP contribution in [0.3, 0.4) is 0 Å². The topological polar surface area (TPSA) is 114 Å². The van der Waals surface area contributed by atoms with Gasteiger partial charge in [-0.2, -0.15) is 0 Å². The fourth-order valence-electron chi connectivity index (χ4n) is 9.25. The summed E-state index contributed by atoms with van der Waals surface area (Å²) in [6, 6.07) is -0.892. The van der Waals surface area contributed by atoms with Crippen molar-refractivity contribution >= 4 is 19.7 Å². The summed E-state index contributed by atoms with van der Waals surface area (Å²) in [6.45, 7) is 6.84. The molecule has 0 aliphatic rings. The molecule has 0 saturated heterocycles. The molecule has 0 rings (SSSR count). The van der Waals surface area contributed by atoms with Crippen LogP contribution in [0.5, 0.6) is 0 Å². The maximum absolute atomic E-state index is 13.5. The fraction of sp³-hybridized carbons (Fsp3) is 0.846. The van der Waals surface area contributed by atoms with E-state index in [2.05, 4.69) is 62.5 Å². The first-order valence-corrected chi connectivity index (χ1v) is 33.4. The summed E-state index contributed by atoms with van der Waals surface area (Å²) in [5.74, 6) is -0.543. The van der Waals surface area contributed by atoms with Crippen LogP contribution in [0.15, 0.2) is 48.6 Å². The summed E-state index contributed by atoms with van der Waals surface area (Å²) in [5, 5.41) is 3.03. The minimum Gasteiger partial charge on any atom is -0.756 e. The highest BCUT2D eigenvalue weighted by molar-refractivity contribution is 7.45. The first-order valence-electron chi connectivity index (χ1n) is 31.9. The molecule has 1 amide bonds. The number of allylic oxidation sites excluding steroid dienone is 7. The SMILES string of the molecule is CCCCC/C=C\C/C=C\CCCCCCCCCC(=O)NC(COP(=O)([O-])OCC[N+](C)(C)C)C(/C=C/CCCCCCCCCCCCC)OC(=O)CCCCCCCCCCC/C=C/CCCCCCCC. The van der Waals surface area contributed by atoms with E-state index in [9.17, 15) is 19.0 Å². The number of ether oxygens (including phenoxy) is 1. The van der Waals surface area contributed by atoms with Crippen LogP contribution in [-0.2, 0) is 27.9 Å². The number of nitrogens with zero attached hydrogens (tertiary/aromatic N) is 1. The lowest BCUT2D eigenvalue weighted by atomic mass is 10.0. The summed E-state index contributed by atoms with van der Waals surface area (Å²) in [4.78, 5) is 40.0. The van der Waals surface area contributed by atoms with Crippen LogP contribution in [0.2, 0.25) is 0 Å². The van der Waals surface area contributed by atoms with Crippen LogP contribution in [-0.4, -0.2) is 69.4 Å². The van der Waals surface area contributed by atoms with Gasteiger partial charge in [0.2, 0.25) is 5.91 Å². The number of phosphoric ester groups is 1. The second-order valence-corrected chi connectivity index (χ2v) is 24.3. The van der Waals surface area contributed by atoms with Gasteiger partial charge in [-0.3, -0.25) is 14.2 Å². The molecule has 0 heterocycles. The summed E-state index contributed by atoms with van der Waals surface area (Å²) < 4.78 is 30.4. The number of amides is 1. The van der Waals surface area contributed by atoms with Gasteiger partial charge in [0, 0.05) is 12.8 Å². The van der Waals surface area contributed by atoms with Gasteiger partial charge in [0.25, 0.3) is 7.82 Å². The van der Waals surface area contributed by atoms with Crippen molar-refractivity contribution in [2.24, 2.45) is 0 Å². The van der Waals surface area contributed by atoms with E-state index in [1.165, 1.54) is 193 Å². The van der Waals surface area contributed by atoms with E-state index in [1.807, 2.05) is 33.3 Å². The molecule has 0 fully saturated rings. The number of likely N-dealkylation sites (N-methyl/N-ethyl adjacent to an activating group) is 1. The quantitative estimate of drug-likeness (QED) is 0.0212. The maximum atomic E-state index is 13.5. The zero-order valence-corrected chi connectivity index (χ0v) is 51.2. The fourth-order valence-corrected chi connectivity index (χ4v) is 9.98. The molecule has 0 aromatic rings. The Morgan fingerprint density at radius 2 is 0.813 bits per heavy atom. The number of quaternary nitrogens is 1. The van der Waals surface area contributed by atoms with E-state index in [1.54, 1.807) is 0 Å². The molecule has 75 heavy (non-hydrogen) atoms. The average Bonchev–Trinajstić information content (AvgIpc) is 3.37. The summed E-state index contributed by atoms with van der Waals surface area (Å²) >= 11 is 0. The summed E-state index contributed by atoms with van der Waals surface area (Å²) in [6.07, 6.45) is 67.8. The molecule has 0 aliphatic carbocycles. The van der Waals surface area contributed by atoms with Gasteiger partial charge in [-0.15, -0.1) is 0 Å². The standard InChI is InChI=1S/C65H123N2O7P/c1-7-10-13-16-19-22-25-28-30-32-33-35-37-40-43-46-49-52-55-58-65(69)74-63(56-53-50-47-44-41-38-27-24-21-18-15-12-9-3)62(61-73-75(70,71)72-60-59-67(4,5)6)66-64(68)57-54-51-48-45-42-39-36-34-31-29-26-23-20-17-14-11-8-2/h20,23,28-31,53,56,62-63H,7-19,21-22,24-27,32-52,54-55,57-61H2,1-6H3,(H-,66,68,70,71)/b23-20-,30-28+,31-29-,56-53+. The molecule has 10 heteroatoms. The highest BCUT2D eigenvalue weighted by atomic mass is 31.2. The molecule has 0 radical (unpaired) electrons. The lowest BCUT2D eigenvalue weighted by Gasteiger charge is -2.30. The van der Waals surface area contributed by atoms with Gasteiger partial charge in [0.05, 0.1) is 33.8 Å².